The summed E-state index contributed by atoms with van der Waals surface area (Å²) in [6.45, 7) is 7.77. The Hall–Kier alpha value is -3.26. The predicted molar refractivity (Wildman–Crippen MR) is 113 cm³/mol. The molecule has 2 aromatic heterocycles. The summed E-state index contributed by atoms with van der Waals surface area (Å²) < 4.78 is 1.58. The maximum atomic E-state index is 12.8. The average molecular weight is 392 g/mol. The molecule has 150 valence electrons. The van der Waals surface area contributed by atoms with E-state index in [1.807, 2.05) is 13.8 Å². The molecule has 1 aromatic carbocycles. The molecule has 3 aromatic rings. The molecule has 8 heteroatoms. The van der Waals surface area contributed by atoms with E-state index in [4.69, 9.17) is 4.98 Å². The first-order valence-electron chi connectivity index (χ1n) is 9.83. The summed E-state index contributed by atoms with van der Waals surface area (Å²) in [4.78, 5) is 36.3. The molecular weight excluding hydrogens is 368 g/mol. The highest BCUT2D eigenvalue weighted by Gasteiger charge is 2.17. The van der Waals surface area contributed by atoms with Crippen LogP contribution in [0.15, 0.2) is 41.2 Å². The van der Waals surface area contributed by atoms with Crippen molar-refractivity contribution < 1.29 is 4.79 Å². The molecular formula is C21H24N6O2. The molecule has 0 aliphatic carbocycles. The molecule has 1 saturated heterocycles. The van der Waals surface area contributed by atoms with Gasteiger partial charge >= 0.3 is 0 Å². The fourth-order valence-corrected chi connectivity index (χ4v) is 3.53. The Labute approximate surface area is 168 Å². The molecule has 0 bridgehead atoms. The van der Waals surface area contributed by atoms with Crippen molar-refractivity contribution in [2.45, 2.75) is 13.8 Å². The Bertz CT molecular complexity index is 1100. The van der Waals surface area contributed by atoms with E-state index in [9.17, 15) is 9.59 Å². The van der Waals surface area contributed by atoms with Crippen molar-refractivity contribution in [2.24, 2.45) is 0 Å². The minimum atomic E-state index is -0.173. The standard InChI is InChI=1S/C21H24N6O2/c1-3-23-20(29)15-4-6-16(7-5-15)27-18(28)9-8-17-14(2)24-21(25-19(17)27)26-12-10-22-11-13-26/h4-9,22H,3,10-13H2,1-2H3,(H,23,29). The van der Waals surface area contributed by atoms with Gasteiger partial charge in [0.25, 0.3) is 11.5 Å². The van der Waals surface area contributed by atoms with Crippen LogP contribution in [0.2, 0.25) is 0 Å². The largest absolute Gasteiger partial charge is 0.352 e. The zero-order chi connectivity index (χ0) is 20.4. The number of carbonyl (C=O) groups excluding carboxylic acids is 1. The lowest BCUT2D eigenvalue weighted by atomic mass is 10.1. The second kappa shape index (κ2) is 8.00. The third-order valence-corrected chi connectivity index (χ3v) is 5.05. The van der Waals surface area contributed by atoms with Crippen LogP contribution in [-0.2, 0) is 0 Å². The highest BCUT2D eigenvalue weighted by Crippen LogP contribution is 2.21. The lowest BCUT2D eigenvalue weighted by Gasteiger charge is -2.28. The SMILES string of the molecule is CCNC(=O)c1ccc(-n2c(=O)ccc3c(C)nc(N4CCNCC4)nc32)cc1. The van der Waals surface area contributed by atoms with Crippen LogP contribution in [0.25, 0.3) is 16.7 Å². The van der Waals surface area contributed by atoms with Gasteiger partial charge in [0.1, 0.15) is 0 Å². The number of nitrogens with one attached hydrogen (secondary N) is 2. The fraction of sp³-hybridized carbons (Fsp3) is 0.333. The molecule has 0 spiro atoms. The van der Waals surface area contributed by atoms with Crippen LogP contribution in [0.5, 0.6) is 0 Å². The lowest BCUT2D eigenvalue weighted by molar-refractivity contribution is 0.0956. The number of aromatic nitrogens is 3. The van der Waals surface area contributed by atoms with Crippen LogP contribution in [0.4, 0.5) is 5.95 Å². The van der Waals surface area contributed by atoms with Gasteiger partial charge in [-0.2, -0.15) is 4.98 Å². The van der Waals surface area contributed by atoms with Crippen molar-refractivity contribution >= 4 is 22.9 Å². The first-order valence-corrected chi connectivity index (χ1v) is 9.83. The highest BCUT2D eigenvalue weighted by molar-refractivity contribution is 5.94. The van der Waals surface area contributed by atoms with Crippen LogP contribution >= 0.6 is 0 Å². The molecule has 1 fully saturated rings. The van der Waals surface area contributed by atoms with Gasteiger partial charge in [0.15, 0.2) is 5.65 Å². The smallest absolute Gasteiger partial charge is 0.256 e. The van der Waals surface area contributed by atoms with Crippen LogP contribution in [-0.4, -0.2) is 53.2 Å². The van der Waals surface area contributed by atoms with E-state index < -0.39 is 0 Å². The fourth-order valence-electron chi connectivity index (χ4n) is 3.53. The summed E-state index contributed by atoms with van der Waals surface area (Å²) in [5.41, 5.74) is 2.45. The number of rotatable bonds is 4. The topological polar surface area (TPSA) is 92.2 Å². The number of amides is 1. The van der Waals surface area contributed by atoms with Crippen LogP contribution in [0.1, 0.15) is 23.0 Å². The van der Waals surface area contributed by atoms with Crippen molar-refractivity contribution in [3.63, 3.8) is 0 Å². The van der Waals surface area contributed by atoms with Gasteiger partial charge in [-0.05, 0) is 44.2 Å². The number of benzene rings is 1. The van der Waals surface area contributed by atoms with E-state index in [2.05, 4.69) is 20.5 Å². The number of piperazine rings is 1. The summed E-state index contributed by atoms with van der Waals surface area (Å²) in [6.07, 6.45) is 0. The zero-order valence-electron chi connectivity index (χ0n) is 16.6. The summed E-state index contributed by atoms with van der Waals surface area (Å²) in [5.74, 6) is 0.498. The van der Waals surface area contributed by atoms with Crippen LogP contribution in [0, 0.1) is 6.92 Å². The Morgan fingerprint density at radius 2 is 1.83 bits per heavy atom. The van der Waals surface area contributed by atoms with Crippen LogP contribution < -0.4 is 21.1 Å². The number of nitrogens with zero attached hydrogens (tertiary/aromatic N) is 4. The van der Waals surface area contributed by atoms with Gasteiger partial charge in [0.05, 0.1) is 11.4 Å². The normalized spacial score (nSPS) is 14.2. The van der Waals surface area contributed by atoms with Gasteiger partial charge in [-0.3, -0.25) is 14.2 Å². The average Bonchev–Trinajstić information content (AvgIpc) is 2.74. The van der Waals surface area contributed by atoms with Crippen molar-refractivity contribution in [2.75, 3.05) is 37.6 Å². The van der Waals surface area contributed by atoms with E-state index in [0.29, 0.717) is 29.4 Å². The number of carbonyl (C=O) groups is 1. The van der Waals surface area contributed by atoms with Crippen molar-refractivity contribution in [1.82, 2.24) is 25.2 Å². The first kappa shape index (κ1) is 19.1. The number of aryl methyl sites for hydroxylation is 1. The quantitative estimate of drug-likeness (QED) is 0.694. The van der Waals surface area contributed by atoms with E-state index in [1.54, 1.807) is 34.9 Å². The van der Waals surface area contributed by atoms with Gasteiger partial charge in [0, 0.05) is 49.7 Å². The predicted octanol–water partition coefficient (Wildman–Crippen LogP) is 1.25. The summed E-state index contributed by atoms with van der Waals surface area (Å²) in [6, 6.07) is 10.3. The Kier molecular flexibility index (Phi) is 5.26. The molecule has 0 saturated carbocycles. The maximum absolute atomic E-state index is 12.8. The molecule has 29 heavy (non-hydrogen) atoms. The van der Waals surface area contributed by atoms with Crippen LogP contribution in [0.3, 0.4) is 0 Å². The first-order chi connectivity index (χ1) is 14.1. The maximum Gasteiger partial charge on any atom is 0.256 e. The van der Waals surface area contributed by atoms with Crippen molar-refractivity contribution in [3.05, 3.63) is 58.0 Å². The van der Waals surface area contributed by atoms with Gasteiger partial charge in [-0.25, -0.2) is 4.98 Å². The molecule has 3 heterocycles. The number of hydrogen-bond donors (Lipinski definition) is 2. The number of fused-ring (bicyclic) bond motifs is 1. The van der Waals surface area contributed by atoms with Crippen molar-refractivity contribution in [1.29, 1.82) is 0 Å². The molecule has 0 radical (unpaired) electrons. The zero-order valence-corrected chi connectivity index (χ0v) is 16.6. The lowest BCUT2D eigenvalue weighted by Crippen LogP contribution is -2.44. The van der Waals surface area contributed by atoms with Gasteiger partial charge in [0.2, 0.25) is 5.95 Å². The summed E-state index contributed by atoms with van der Waals surface area (Å²) in [5, 5.41) is 6.93. The number of hydrogen-bond acceptors (Lipinski definition) is 6. The van der Waals surface area contributed by atoms with Gasteiger partial charge in [-0.1, -0.05) is 0 Å². The van der Waals surface area contributed by atoms with Gasteiger partial charge in [-0.15, -0.1) is 0 Å². The summed E-state index contributed by atoms with van der Waals surface area (Å²) >= 11 is 0. The number of anilines is 1. The molecule has 8 nitrogen and oxygen atoms in total. The second-order valence-electron chi connectivity index (χ2n) is 7.00. The second-order valence-corrected chi connectivity index (χ2v) is 7.00. The minimum Gasteiger partial charge on any atom is -0.352 e. The molecule has 1 aliphatic rings. The molecule has 0 unspecified atom stereocenters. The molecule has 1 aliphatic heterocycles. The summed E-state index contributed by atoms with van der Waals surface area (Å²) in [7, 11) is 0. The van der Waals surface area contributed by atoms with Crippen molar-refractivity contribution in [3.8, 4) is 5.69 Å². The van der Waals surface area contributed by atoms with Gasteiger partial charge < -0.3 is 15.5 Å². The highest BCUT2D eigenvalue weighted by atomic mass is 16.1. The molecule has 4 rings (SSSR count). The third kappa shape index (κ3) is 3.71. The van der Waals surface area contributed by atoms with E-state index in [1.165, 1.54) is 6.07 Å². The van der Waals surface area contributed by atoms with E-state index >= 15 is 0 Å². The van der Waals surface area contributed by atoms with E-state index in [0.717, 1.165) is 37.3 Å². The Balaban J connectivity index is 1.83. The third-order valence-electron chi connectivity index (χ3n) is 5.05. The molecule has 2 N–H and O–H groups in total. The minimum absolute atomic E-state index is 0.136. The Morgan fingerprint density at radius 1 is 1.10 bits per heavy atom. The Morgan fingerprint density at radius 3 is 2.52 bits per heavy atom. The monoisotopic (exact) mass is 392 g/mol. The van der Waals surface area contributed by atoms with E-state index in [-0.39, 0.29) is 11.5 Å². The number of pyridine rings is 1. The molecule has 0 atom stereocenters. The molecule has 1 amide bonds.